The van der Waals surface area contributed by atoms with E-state index in [0.717, 1.165) is 13.0 Å². The molecular formula is C6H10O. The number of rotatable bonds is 0. The van der Waals surface area contributed by atoms with Crippen LogP contribution in [-0.4, -0.2) is 12.7 Å². The molecule has 1 saturated heterocycles. The maximum absolute atomic E-state index is 5.40. The van der Waals surface area contributed by atoms with E-state index in [1.165, 1.54) is 0 Å². The zero-order chi connectivity index (χ0) is 5.28. The molecule has 0 saturated carbocycles. The maximum atomic E-state index is 5.40. The summed E-state index contributed by atoms with van der Waals surface area (Å²) >= 11 is 0. The maximum Gasteiger partial charge on any atom is 0.0614 e. The smallest absolute Gasteiger partial charge is 0.0614 e. The van der Waals surface area contributed by atoms with E-state index in [1.807, 2.05) is 0 Å². The Morgan fingerprint density at radius 1 is 1.71 bits per heavy atom. The zero-order valence-electron chi connectivity index (χ0n) is 4.55. The predicted molar refractivity (Wildman–Crippen MR) is 27.8 cm³/mol. The molecule has 0 amide bonds. The van der Waals surface area contributed by atoms with Gasteiger partial charge in [0.1, 0.15) is 0 Å². The van der Waals surface area contributed by atoms with Crippen LogP contribution in [0.2, 0.25) is 0 Å². The van der Waals surface area contributed by atoms with Crippen molar-refractivity contribution >= 4 is 0 Å². The Hall–Kier alpha value is -0.0400. The topological polar surface area (TPSA) is 9.23 Å². The second kappa shape index (κ2) is 1.83. The summed E-state index contributed by atoms with van der Waals surface area (Å²) < 4.78 is 5.04. The van der Waals surface area contributed by atoms with Gasteiger partial charge in [0.25, 0.3) is 0 Å². The quantitative estimate of drug-likeness (QED) is 0.441. The summed E-state index contributed by atoms with van der Waals surface area (Å²) in [7, 11) is 0. The second-order valence-corrected chi connectivity index (χ2v) is 2.21. The fourth-order valence-electron chi connectivity index (χ4n) is 0.821. The molecule has 40 valence electrons. The van der Waals surface area contributed by atoms with E-state index in [2.05, 4.69) is 6.92 Å². The fraction of sp³-hybridized carbons (Fsp3) is 0.833. The highest BCUT2D eigenvalue weighted by molar-refractivity contribution is 4.70. The molecule has 1 heteroatoms. The van der Waals surface area contributed by atoms with E-state index < -0.39 is 0 Å². The van der Waals surface area contributed by atoms with Gasteiger partial charge in [0, 0.05) is 6.61 Å². The Morgan fingerprint density at radius 2 is 2.43 bits per heavy atom. The third kappa shape index (κ3) is 1.16. The van der Waals surface area contributed by atoms with Crippen LogP contribution in [-0.2, 0) is 4.74 Å². The van der Waals surface area contributed by atoms with Gasteiger partial charge in [-0.1, -0.05) is 6.92 Å². The summed E-state index contributed by atoms with van der Waals surface area (Å²) in [4.78, 5) is 0. The molecule has 0 aromatic carbocycles. The molecule has 2 radical (unpaired) electrons. The van der Waals surface area contributed by atoms with Gasteiger partial charge in [0.2, 0.25) is 0 Å². The molecule has 1 nitrogen and oxygen atoms in total. The summed E-state index contributed by atoms with van der Waals surface area (Å²) in [5.41, 5.74) is 0. The summed E-state index contributed by atoms with van der Waals surface area (Å²) in [6, 6.07) is 0. The molecule has 0 N–H and O–H groups in total. The van der Waals surface area contributed by atoms with Crippen LogP contribution in [0.3, 0.4) is 0 Å². The second-order valence-electron chi connectivity index (χ2n) is 2.21. The number of hydrogen-bond donors (Lipinski definition) is 0. The van der Waals surface area contributed by atoms with Crippen molar-refractivity contribution in [1.82, 2.24) is 0 Å². The minimum atomic E-state index is 0.0231. The summed E-state index contributed by atoms with van der Waals surface area (Å²) in [5.74, 6) is 0.676. The molecule has 0 spiro atoms. The first kappa shape index (κ1) is 5.10. The number of ether oxygens (including phenoxy) is 1. The number of hydrogen-bond acceptors (Lipinski definition) is 1. The largest absolute Gasteiger partial charge is 0.378 e. The predicted octanol–water partition coefficient (Wildman–Crippen LogP) is 1.12. The van der Waals surface area contributed by atoms with Gasteiger partial charge in [-0.15, -0.1) is 0 Å². The van der Waals surface area contributed by atoms with Gasteiger partial charge in [0.05, 0.1) is 6.10 Å². The highest BCUT2D eigenvalue weighted by atomic mass is 16.5. The van der Waals surface area contributed by atoms with E-state index >= 15 is 0 Å². The molecule has 1 rings (SSSR count). The SMILES string of the molecule is [CH]C1C[C@@H](C)CO1. The van der Waals surface area contributed by atoms with E-state index in [4.69, 9.17) is 11.7 Å². The van der Waals surface area contributed by atoms with Crippen LogP contribution in [0.5, 0.6) is 0 Å². The van der Waals surface area contributed by atoms with Crippen LogP contribution in [0.1, 0.15) is 13.3 Å². The average Bonchev–Trinajstić information content (AvgIpc) is 1.87. The molecule has 1 unspecified atom stereocenters. The van der Waals surface area contributed by atoms with Crippen molar-refractivity contribution in [3.8, 4) is 0 Å². The van der Waals surface area contributed by atoms with Crippen LogP contribution in [0.25, 0.3) is 0 Å². The fourth-order valence-corrected chi connectivity index (χ4v) is 0.821. The Labute approximate surface area is 44.7 Å². The molecule has 0 aromatic rings. The van der Waals surface area contributed by atoms with Crippen LogP contribution in [0.4, 0.5) is 0 Å². The highest BCUT2D eigenvalue weighted by Crippen LogP contribution is 2.16. The van der Waals surface area contributed by atoms with E-state index in [1.54, 1.807) is 0 Å². The van der Waals surface area contributed by atoms with Crippen molar-refractivity contribution in [2.45, 2.75) is 19.4 Å². The molecule has 1 aliphatic rings. The summed E-state index contributed by atoms with van der Waals surface area (Å²) in [5, 5.41) is 0. The Kier molecular flexibility index (Phi) is 1.33. The summed E-state index contributed by atoms with van der Waals surface area (Å²) in [6.07, 6.45) is 1.05. The monoisotopic (exact) mass is 98.1 g/mol. The molecule has 0 bridgehead atoms. The summed E-state index contributed by atoms with van der Waals surface area (Å²) in [6.45, 7) is 8.40. The van der Waals surface area contributed by atoms with Crippen molar-refractivity contribution in [1.29, 1.82) is 0 Å². The van der Waals surface area contributed by atoms with Crippen molar-refractivity contribution in [3.63, 3.8) is 0 Å². The third-order valence-electron chi connectivity index (χ3n) is 1.23. The molecule has 1 aliphatic heterocycles. The first-order valence-corrected chi connectivity index (χ1v) is 2.66. The van der Waals surface area contributed by atoms with Crippen molar-refractivity contribution in [2.75, 3.05) is 6.61 Å². The van der Waals surface area contributed by atoms with Gasteiger partial charge >= 0.3 is 0 Å². The van der Waals surface area contributed by atoms with Crippen molar-refractivity contribution in [2.24, 2.45) is 5.92 Å². The van der Waals surface area contributed by atoms with Crippen molar-refractivity contribution < 1.29 is 4.74 Å². The van der Waals surface area contributed by atoms with E-state index in [0.29, 0.717) is 5.92 Å². The molecule has 1 fully saturated rings. The van der Waals surface area contributed by atoms with Crippen LogP contribution < -0.4 is 0 Å². The Bertz CT molecular complexity index is 53.2. The molecular weight excluding hydrogens is 88.1 g/mol. The minimum absolute atomic E-state index is 0.0231. The van der Waals surface area contributed by atoms with Crippen molar-refractivity contribution in [3.05, 3.63) is 6.92 Å². The first-order valence-electron chi connectivity index (χ1n) is 2.66. The molecule has 2 atom stereocenters. The lowest BCUT2D eigenvalue weighted by molar-refractivity contribution is 0.138. The van der Waals surface area contributed by atoms with Gasteiger partial charge in [-0.3, -0.25) is 0 Å². The van der Waals surface area contributed by atoms with Crippen LogP contribution >= 0.6 is 0 Å². The lowest BCUT2D eigenvalue weighted by Crippen LogP contribution is -1.95. The standard InChI is InChI=1S/C6H10O/c1-5-3-6(2)7-4-5/h2,5-6H,3-4H2,1H3/t5-,6?/m1/s1. The zero-order valence-corrected chi connectivity index (χ0v) is 4.55. The molecule has 0 aliphatic carbocycles. The Balaban J connectivity index is 2.26. The highest BCUT2D eigenvalue weighted by Gasteiger charge is 2.16. The van der Waals surface area contributed by atoms with Crippen LogP contribution in [0.15, 0.2) is 0 Å². The molecule has 1 heterocycles. The van der Waals surface area contributed by atoms with Gasteiger partial charge in [-0.2, -0.15) is 0 Å². The average molecular weight is 98.1 g/mol. The lowest BCUT2D eigenvalue weighted by atomic mass is 10.1. The molecule has 7 heavy (non-hydrogen) atoms. The first-order chi connectivity index (χ1) is 3.29. The molecule has 0 aromatic heterocycles. The Morgan fingerprint density at radius 3 is 2.57 bits per heavy atom. The van der Waals surface area contributed by atoms with Gasteiger partial charge in [0.15, 0.2) is 0 Å². The van der Waals surface area contributed by atoms with Gasteiger partial charge in [-0.25, -0.2) is 0 Å². The van der Waals surface area contributed by atoms with Crippen LogP contribution in [0, 0.1) is 12.8 Å². The van der Waals surface area contributed by atoms with E-state index in [9.17, 15) is 0 Å². The van der Waals surface area contributed by atoms with E-state index in [-0.39, 0.29) is 6.10 Å². The normalized spacial score (nSPS) is 42.0. The van der Waals surface area contributed by atoms with Gasteiger partial charge < -0.3 is 4.74 Å². The third-order valence-corrected chi connectivity index (χ3v) is 1.23. The lowest BCUT2D eigenvalue weighted by Gasteiger charge is -1.94. The minimum Gasteiger partial charge on any atom is -0.378 e. The van der Waals surface area contributed by atoms with Gasteiger partial charge in [-0.05, 0) is 19.3 Å².